The van der Waals surface area contributed by atoms with E-state index in [-0.39, 0.29) is 5.69 Å². The topological polar surface area (TPSA) is 61.0 Å². The van der Waals surface area contributed by atoms with Gasteiger partial charge in [-0.25, -0.2) is 4.68 Å². The lowest BCUT2D eigenvalue weighted by atomic mass is 10.3. The van der Waals surface area contributed by atoms with Gasteiger partial charge >= 0.3 is 0 Å². The number of aromatic nitrogens is 2. The highest BCUT2D eigenvalue weighted by Crippen LogP contribution is 2.35. The van der Waals surface area contributed by atoms with Gasteiger partial charge in [-0.2, -0.15) is 16.9 Å². The summed E-state index contributed by atoms with van der Waals surface area (Å²) >= 11 is 8.04. The highest BCUT2D eigenvalue weighted by molar-refractivity contribution is 7.98. The van der Waals surface area contributed by atoms with E-state index >= 15 is 0 Å². The number of nitro groups is 1. The molecule has 5 nitrogen and oxygen atoms in total. The van der Waals surface area contributed by atoms with Gasteiger partial charge in [0.2, 0.25) is 0 Å². The molecule has 0 radical (unpaired) electrons. The number of hydrogen-bond acceptors (Lipinski definition) is 4. The molecule has 0 unspecified atom stereocenters. The highest BCUT2D eigenvalue weighted by atomic mass is 35.5. The van der Waals surface area contributed by atoms with Gasteiger partial charge in [-0.1, -0.05) is 11.6 Å². The van der Waals surface area contributed by atoms with Crippen molar-refractivity contribution in [3.63, 3.8) is 0 Å². The smallest absolute Gasteiger partial charge is 0.258 e. The van der Waals surface area contributed by atoms with Crippen LogP contribution >= 0.6 is 23.4 Å². The summed E-state index contributed by atoms with van der Waals surface area (Å²) in [6.07, 6.45) is 0. The van der Waals surface area contributed by atoms with Crippen LogP contribution in [-0.4, -0.2) is 14.7 Å². The van der Waals surface area contributed by atoms with Gasteiger partial charge in [-0.15, -0.1) is 0 Å². The number of benzene rings is 1. The lowest BCUT2D eigenvalue weighted by Gasteiger charge is -2.03. The zero-order chi connectivity index (χ0) is 12.7. The Hall–Kier alpha value is -1.53. The molecule has 0 saturated heterocycles. The molecule has 1 aromatic heterocycles. The monoisotopic (exact) mass is 281 g/mol. The Morgan fingerprint density at radius 1 is 1.33 bits per heavy atom. The van der Waals surface area contributed by atoms with Crippen LogP contribution in [0.5, 0.6) is 0 Å². The molecule has 18 heavy (non-hydrogen) atoms. The SMILES string of the molecule is O=[N+]([O-])c1ccc(-n2nc3c(c2Cl)CSC3)cc1. The average Bonchev–Trinajstić information content (AvgIpc) is 2.93. The van der Waals surface area contributed by atoms with Crippen LogP contribution in [0.2, 0.25) is 5.15 Å². The van der Waals surface area contributed by atoms with E-state index in [1.54, 1.807) is 28.6 Å². The van der Waals surface area contributed by atoms with Crippen LogP contribution in [-0.2, 0) is 11.5 Å². The maximum Gasteiger partial charge on any atom is 0.269 e. The van der Waals surface area contributed by atoms with Crippen molar-refractivity contribution in [3.8, 4) is 5.69 Å². The summed E-state index contributed by atoms with van der Waals surface area (Å²) in [5, 5.41) is 15.6. The second-order valence-electron chi connectivity index (χ2n) is 3.89. The van der Waals surface area contributed by atoms with E-state index in [0.29, 0.717) is 5.15 Å². The molecule has 0 fully saturated rings. The third-order valence-electron chi connectivity index (χ3n) is 2.79. The minimum absolute atomic E-state index is 0.0603. The molecule has 7 heteroatoms. The van der Waals surface area contributed by atoms with Crippen LogP contribution in [0.15, 0.2) is 24.3 Å². The van der Waals surface area contributed by atoms with Crippen LogP contribution in [0.1, 0.15) is 11.3 Å². The van der Waals surface area contributed by atoms with Gasteiger partial charge in [0.05, 0.1) is 16.3 Å². The molecule has 0 amide bonds. The molecule has 0 aliphatic carbocycles. The summed E-state index contributed by atoms with van der Waals surface area (Å²) < 4.78 is 1.63. The average molecular weight is 282 g/mol. The van der Waals surface area contributed by atoms with Gasteiger partial charge in [0.15, 0.2) is 0 Å². The van der Waals surface area contributed by atoms with E-state index in [4.69, 9.17) is 11.6 Å². The van der Waals surface area contributed by atoms with Crippen LogP contribution in [0.4, 0.5) is 5.69 Å². The van der Waals surface area contributed by atoms with Crippen molar-refractivity contribution in [2.75, 3.05) is 0 Å². The molecular formula is C11H8ClN3O2S. The second-order valence-corrected chi connectivity index (χ2v) is 5.24. The molecule has 0 saturated carbocycles. The quantitative estimate of drug-likeness (QED) is 0.626. The van der Waals surface area contributed by atoms with E-state index in [0.717, 1.165) is 28.5 Å². The lowest BCUT2D eigenvalue weighted by Crippen LogP contribution is -1.98. The summed E-state index contributed by atoms with van der Waals surface area (Å²) in [4.78, 5) is 10.2. The lowest BCUT2D eigenvalue weighted by molar-refractivity contribution is -0.384. The van der Waals surface area contributed by atoms with Crippen molar-refractivity contribution in [2.24, 2.45) is 0 Å². The largest absolute Gasteiger partial charge is 0.269 e. The number of non-ortho nitro benzene ring substituents is 1. The molecule has 1 aliphatic rings. The zero-order valence-corrected chi connectivity index (χ0v) is 10.7. The number of rotatable bonds is 2. The number of thioether (sulfide) groups is 1. The molecule has 0 N–H and O–H groups in total. The Kier molecular flexibility index (Phi) is 2.76. The van der Waals surface area contributed by atoms with Crippen molar-refractivity contribution in [1.82, 2.24) is 9.78 Å². The first kappa shape index (κ1) is 11.6. The van der Waals surface area contributed by atoms with E-state index in [1.165, 1.54) is 12.1 Å². The Labute approximate surface area is 112 Å². The first-order valence-corrected chi connectivity index (χ1v) is 6.79. The van der Waals surface area contributed by atoms with Crippen LogP contribution in [0.25, 0.3) is 5.69 Å². The van der Waals surface area contributed by atoms with E-state index in [1.807, 2.05) is 0 Å². The second kappa shape index (κ2) is 4.29. The Bertz CT molecular complexity index is 624. The first-order valence-electron chi connectivity index (χ1n) is 5.25. The van der Waals surface area contributed by atoms with E-state index < -0.39 is 4.92 Å². The number of nitrogens with zero attached hydrogens (tertiary/aromatic N) is 3. The first-order chi connectivity index (χ1) is 8.66. The fourth-order valence-corrected chi connectivity index (χ4v) is 3.29. The molecule has 2 aromatic rings. The van der Waals surface area contributed by atoms with Crippen LogP contribution in [0.3, 0.4) is 0 Å². The van der Waals surface area contributed by atoms with Crippen LogP contribution in [0, 0.1) is 10.1 Å². The molecule has 92 valence electrons. The van der Waals surface area contributed by atoms with Crippen molar-refractivity contribution in [3.05, 3.63) is 50.8 Å². The van der Waals surface area contributed by atoms with Gasteiger partial charge in [0.25, 0.3) is 5.69 Å². The molecular weight excluding hydrogens is 274 g/mol. The Balaban J connectivity index is 2.02. The van der Waals surface area contributed by atoms with Crippen LogP contribution < -0.4 is 0 Å². The molecule has 2 heterocycles. The summed E-state index contributed by atoms with van der Waals surface area (Å²) in [6, 6.07) is 6.21. The summed E-state index contributed by atoms with van der Waals surface area (Å²) in [5.41, 5.74) is 2.87. The molecule has 0 bridgehead atoms. The van der Waals surface area contributed by atoms with Gasteiger partial charge < -0.3 is 0 Å². The van der Waals surface area contributed by atoms with Gasteiger partial charge in [-0.3, -0.25) is 10.1 Å². The van der Waals surface area contributed by atoms with Crippen molar-refractivity contribution in [1.29, 1.82) is 0 Å². The third kappa shape index (κ3) is 1.77. The van der Waals surface area contributed by atoms with Crippen molar-refractivity contribution < 1.29 is 4.92 Å². The predicted molar refractivity (Wildman–Crippen MR) is 70.2 cm³/mol. The zero-order valence-electron chi connectivity index (χ0n) is 9.17. The summed E-state index contributed by atoms with van der Waals surface area (Å²) in [7, 11) is 0. The van der Waals surface area contributed by atoms with Crippen molar-refractivity contribution >= 4 is 29.1 Å². The third-order valence-corrected chi connectivity index (χ3v) is 4.15. The van der Waals surface area contributed by atoms with E-state index in [2.05, 4.69) is 5.10 Å². The maximum absolute atomic E-state index is 10.6. The molecule has 1 aliphatic heterocycles. The molecule has 0 spiro atoms. The maximum atomic E-state index is 10.6. The van der Waals surface area contributed by atoms with Gasteiger partial charge in [0, 0.05) is 29.2 Å². The predicted octanol–water partition coefficient (Wildman–Crippen LogP) is 3.18. The number of fused-ring (bicyclic) bond motifs is 1. The van der Waals surface area contributed by atoms with Gasteiger partial charge in [0.1, 0.15) is 5.15 Å². The summed E-state index contributed by atoms with van der Waals surface area (Å²) in [6.45, 7) is 0. The Morgan fingerprint density at radius 3 is 2.67 bits per heavy atom. The number of halogens is 1. The normalized spacial score (nSPS) is 13.6. The minimum Gasteiger partial charge on any atom is -0.258 e. The summed E-state index contributed by atoms with van der Waals surface area (Å²) in [5.74, 6) is 1.75. The minimum atomic E-state index is -0.425. The number of nitro benzene ring substituents is 1. The van der Waals surface area contributed by atoms with Gasteiger partial charge in [-0.05, 0) is 12.1 Å². The molecule has 0 atom stereocenters. The Morgan fingerprint density at radius 2 is 2.06 bits per heavy atom. The van der Waals surface area contributed by atoms with E-state index in [9.17, 15) is 10.1 Å². The fraction of sp³-hybridized carbons (Fsp3) is 0.182. The number of hydrogen-bond donors (Lipinski definition) is 0. The molecule has 3 rings (SSSR count). The standard InChI is InChI=1S/C11H8ClN3O2S/c12-11-9-5-18-6-10(9)13-14(11)7-1-3-8(4-2-7)15(16)17/h1-4H,5-6H2. The van der Waals surface area contributed by atoms with Crippen molar-refractivity contribution in [2.45, 2.75) is 11.5 Å². The highest BCUT2D eigenvalue weighted by Gasteiger charge is 2.22. The fourth-order valence-electron chi connectivity index (χ4n) is 1.87. The molecule has 1 aromatic carbocycles.